The number of aromatic amines is 1. The zero-order chi connectivity index (χ0) is 13.8. The fourth-order valence-electron chi connectivity index (χ4n) is 4.29. The molecule has 1 aromatic heterocycles. The first-order chi connectivity index (χ1) is 10.4. The smallest absolute Gasteiger partial charge is 0.0459 e. The molecule has 0 spiro atoms. The van der Waals surface area contributed by atoms with Crippen LogP contribution in [0.4, 0.5) is 0 Å². The summed E-state index contributed by atoms with van der Waals surface area (Å²) >= 11 is 0. The molecule has 1 nitrogen and oxygen atoms in total. The van der Waals surface area contributed by atoms with Crippen LogP contribution in [0.5, 0.6) is 0 Å². The molecule has 2 bridgehead atoms. The first-order valence-corrected chi connectivity index (χ1v) is 7.75. The summed E-state index contributed by atoms with van der Waals surface area (Å²) in [4.78, 5) is 3.69. The maximum atomic E-state index is 3.69. The van der Waals surface area contributed by atoms with Crippen molar-refractivity contribution < 1.29 is 0 Å². The Morgan fingerprint density at radius 2 is 1.67 bits per heavy atom. The Kier molecular flexibility index (Phi) is 2.23. The molecular formula is C20H17N. The van der Waals surface area contributed by atoms with Crippen molar-refractivity contribution in [3.8, 4) is 0 Å². The number of aromatic nitrogens is 1. The van der Waals surface area contributed by atoms with Gasteiger partial charge in [-0.15, -0.1) is 0 Å². The molecule has 0 saturated heterocycles. The third-order valence-corrected chi connectivity index (χ3v) is 5.16. The molecule has 3 unspecified atom stereocenters. The second-order valence-corrected chi connectivity index (χ2v) is 6.28. The van der Waals surface area contributed by atoms with Crippen LogP contribution in [0, 0.1) is 5.92 Å². The lowest BCUT2D eigenvalue weighted by Gasteiger charge is -2.30. The number of para-hydroxylation sites is 1. The molecular weight excluding hydrogens is 254 g/mol. The van der Waals surface area contributed by atoms with E-state index in [0.717, 1.165) is 0 Å². The van der Waals surface area contributed by atoms with E-state index in [1.165, 1.54) is 34.1 Å². The van der Waals surface area contributed by atoms with Gasteiger partial charge in [0.25, 0.3) is 0 Å². The zero-order valence-electron chi connectivity index (χ0n) is 11.8. The molecule has 5 rings (SSSR count). The maximum absolute atomic E-state index is 3.69. The summed E-state index contributed by atoms with van der Waals surface area (Å²) < 4.78 is 0. The first kappa shape index (κ1) is 11.4. The summed E-state index contributed by atoms with van der Waals surface area (Å²) in [6.45, 7) is 0. The van der Waals surface area contributed by atoms with Gasteiger partial charge in [-0.25, -0.2) is 0 Å². The van der Waals surface area contributed by atoms with Crippen LogP contribution in [0.1, 0.15) is 35.1 Å². The summed E-state index contributed by atoms with van der Waals surface area (Å²) in [6.07, 6.45) is 6.09. The Morgan fingerprint density at radius 1 is 0.857 bits per heavy atom. The first-order valence-electron chi connectivity index (χ1n) is 7.75. The molecule has 0 amide bonds. The molecule has 1 heterocycles. The molecule has 2 aliphatic carbocycles. The van der Waals surface area contributed by atoms with Crippen LogP contribution in [-0.2, 0) is 0 Å². The highest BCUT2D eigenvalue weighted by atomic mass is 14.7. The standard InChI is InChI=1S/C20H17N/c1-2-6-13(7-3-1)18-14-10-11-15(12-14)20-19(18)16-8-4-5-9-17(16)21-20/h1-11,14-15,18,21H,12H2. The predicted molar refractivity (Wildman–Crippen MR) is 86.6 cm³/mol. The normalized spacial score (nSPS) is 26.2. The predicted octanol–water partition coefficient (Wildman–Crippen LogP) is 4.97. The topological polar surface area (TPSA) is 15.8 Å². The van der Waals surface area contributed by atoms with E-state index in [0.29, 0.717) is 17.8 Å². The molecule has 21 heavy (non-hydrogen) atoms. The van der Waals surface area contributed by atoms with Crippen LogP contribution in [-0.4, -0.2) is 4.98 Å². The van der Waals surface area contributed by atoms with Crippen LogP contribution >= 0.6 is 0 Å². The van der Waals surface area contributed by atoms with Crippen LogP contribution in [0.25, 0.3) is 10.9 Å². The number of hydrogen-bond acceptors (Lipinski definition) is 0. The van der Waals surface area contributed by atoms with E-state index in [-0.39, 0.29) is 0 Å². The number of nitrogens with one attached hydrogen (secondary N) is 1. The monoisotopic (exact) mass is 271 g/mol. The summed E-state index contributed by atoms with van der Waals surface area (Å²) in [7, 11) is 0. The average molecular weight is 271 g/mol. The van der Waals surface area contributed by atoms with Crippen molar-refractivity contribution in [3.63, 3.8) is 0 Å². The lowest BCUT2D eigenvalue weighted by molar-refractivity contribution is 0.495. The van der Waals surface area contributed by atoms with Gasteiger partial charge in [0, 0.05) is 28.4 Å². The zero-order valence-corrected chi connectivity index (χ0v) is 11.8. The minimum Gasteiger partial charge on any atom is -0.358 e. The molecule has 2 aliphatic rings. The molecule has 0 saturated carbocycles. The van der Waals surface area contributed by atoms with Gasteiger partial charge in [-0.2, -0.15) is 0 Å². The van der Waals surface area contributed by atoms with Crippen molar-refractivity contribution >= 4 is 10.9 Å². The second-order valence-electron chi connectivity index (χ2n) is 6.28. The summed E-state index contributed by atoms with van der Waals surface area (Å²) in [5.41, 5.74) is 5.70. The van der Waals surface area contributed by atoms with Crippen LogP contribution < -0.4 is 0 Å². The van der Waals surface area contributed by atoms with Crippen LogP contribution in [0.3, 0.4) is 0 Å². The summed E-state index contributed by atoms with van der Waals surface area (Å²) in [5, 5.41) is 1.40. The van der Waals surface area contributed by atoms with Crippen molar-refractivity contribution in [2.45, 2.75) is 18.3 Å². The molecule has 3 atom stereocenters. The minimum absolute atomic E-state index is 0.493. The number of fused-ring (bicyclic) bond motifs is 6. The van der Waals surface area contributed by atoms with Crippen molar-refractivity contribution in [1.29, 1.82) is 0 Å². The van der Waals surface area contributed by atoms with E-state index in [9.17, 15) is 0 Å². The molecule has 1 N–H and O–H groups in total. The summed E-state index contributed by atoms with van der Waals surface area (Å²) in [6, 6.07) is 19.7. The van der Waals surface area contributed by atoms with Gasteiger partial charge in [0.2, 0.25) is 0 Å². The van der Waals surface area contributed by atoms with E-state index in [1.807, 2.05) is 0 Å². The van der Waals surface area contributed by atoms with Crippen molar-refractivity contribution in [1.82, 2.24) is 4.98 Å². The average Bonchev–Trinajstić information content (AvgIpc) is 3.13. The SMILES string of the molecule is C1=CC2CC1c1[nH]c3ccccc3c1C2c1ccccc1. The van der Waals surface area contributed by atoms with E-state index < -0.39 is 0 Å². The molecule has 2 aromatic carbocycles. The minimum atomic E-state index is 0.493. The molecule has 1 heteroatoms. The van der Waals surface area contributed by atoms with E-state index in [4.69, 9.17) is 0 Å². The van der Waals surface area contributed by atoms with Gasteiger partial charge in [0.1, 0.15) is 0 Å². The Hall–Kier alpha value is -2.28. The number of H-pyrrole nitrogens is 1. The van der Waals surface area contributed by atoms with Crippen molar-refractivity contribution in [2.24, 2.45) is 5.92 Å². The Morgan fingerprint density at radius 3 is 2.57 bits per heavy atom. The molecule has 0 fully saturated rings. The Labute approximate surface area is 124 Å². The maximum Gasteiger partial charge on any atom is 0.0459 e. The van der Waals surface area contributed by atoms with Gasteiger partial charge >= 0.3 is 0 Å². The van der Waals surface area contributed by atoms with Crippen molar-refractivity contribution in [3.05, 3.63) is 83.6 Å². The fraction of sp³-hybridized carbons (Fsp3) is 0.200. The summed E-state index contributed by atoms with van der Waals surface area (Å²) in [5.74, 6) is 1.72. The van der Waals surface area contributed by atoms with Gasteiger partial charge in [0.15, 0.2) is 0 Å². The molecule has 102 valence electrons. The molecule has 0 aliphatic heterocycles. The number of hydrogen-bond donors (Lipinski definition) is 1. The van der Waals surface area contributed by atoms with Gasteiger partial charge < -0.3 is 4.98 Å². The third kappa shape index (κ3) is 1.52. The van der Waals surface area contributed by atoms with E-state index >= 15 is 0 Å². The second kappa shape index (κ2) is 4.11. The Bertz CT molecular complexity index is 841. The van der Waals surface area contributed by atoms with Crippen molar-refractivity contribution in [2.75, 3.05) is 0 Å². The highest BCUT2D eigenvalue weighted by Crippen LogP contribution is 2.52. The van der Waals surface area contributed by atoms with E-state index in [1.54, 1.807) is 0 Å². The highest BCUT2D eigenvalue weighted by molar-refractivity contribution is 5.86. The quantitative estimate of drug-likeness (QED) is 0.601. The van der Waals surface area contributed by atoms with Crippen LogP contribution in [0.15, 0.2) is 66.7 Å². The number of rotatable bonds is 1. The number of benzene rings is 2. The fourth-order valence-corrected chi connectivity index (χ4v) is 4.29. The third-order valence-electron chi connectivity index (χ3n) is 5.16. The highest BCUT2D eigenvalue weighted by Gasteiger charge is 2.39. The largest absolute Gasteiger partial charge is 0.358 e. The van der Waals surface area contributed by atoms with Gasteiger partial charge in [-0.3, -0.25) is 0 Å². The molecule has 0 radical (unpaired) electrons. The van der Waals surface area contributed by atoms with Crippen LogP contribution in [0.2, 0.25) is 0 Å². The lowest BCUT2D eigenvalue weighted by Crippen LogP contribution is -2.18. The lowest BCUT2D eigenvalue weighted by atomic mass is 9.73. The van der Waals surface area contributed by atoms with Gasteiger partial charge in [-0.05, 0) is 29.5 Å². The van der Waals surface area contributed by atoms with E-state index in [2.05, 4.69) is 71.7 Å². The van der Waals surface area contributed by atoms with Gasteiger partial charge in [0.05, 0.1) is 0 Å². The number of allylic oxidation sites excluding steroid dienone is 2. The molecule has 3 aromatic rings. The van der Waals surface area contributed by atoms with Gasteiger partial charge in [-0.1, -0.05) is 60.7 Å². The Balaban J connectivity index is 1.83.